The van der Waals surface area contributed by atoms with Gasteiger partial charge in [-0.15, -0.1) is 0 Å². The van der Waals surface area contributed by atoms with Crippen LogP contribution < -0.4 is 0 Å². The molecule has 0 N–H and O–H groups in total. The van der Waals surface area contributed by atoms with E-state index in [2.05, 4.69) is 0 Å². The Morgan fingerprint density at radius 3 is 2.44 bits per heavy atom. The summed E-state index contributed by atoms with van der Waals surface area (Å²) in [5, 5.41) is 0. The molecule has 0 spiro atoms. The Labute approximate surface area is 109 Å². The van der Waals surface area contributed by atoms with E-state index in [1.54, 1.807) is 18.2 Å². The third kappa shape index (κ3) is 1.67. The number of alkyl halides is 3. The van der Waals surface area contributed by atoms with Gasteiger partial charge in [0.25, 0.3) is 0 Å². The van der Waals surface area contributed by atoms with Gasteiger partial charge >= 0.3 is 0 Å². The van der Waals surface area contributed by atoms with Crippen LogP contribution in [-0.2, 0) is 5.41 Å². The largest absolute Gasteiger partial charge is 0.289 e. The molecule has 1 aromatic rings. The second-order valence-electron chi connectivity index (χ2n) is 3.94. The predicted octanol–water partition coefficient (Wildman–Crippen LogP) is 4.07. The first-order valence-electron chi connectivity index (χ1n) is 4.76. The summed E-state index contributed by atoms with van der Waals surface area (Å²) < 4.78 is -1.49. The van der Waals surface area contributed by atoms with E-state index in [4.69, 9.17) is 34.8 Å². The second-order valence-corrected chi connectivity index (χ2v) is 6.22. The predicted molar refractivity (Wildman–Crippen MR) is 67.6 cm³/mol. The minimum absolute atomic E-state index is 0.0534. The summed E-state index contributed by atoms with van der Waals surface area (Å²) in [6.07, 6.45) is 3.12. The maximum atomic E-state index is 11.7. The highest BCUT2D eigenvalue weighted by atomic mass is 35.6. The van der Waals surface area contributed by atoms with Gasteiger partial charge in [-0.1, -0.05) is 65.1 Å². The molecule has 1 aliphatic carbocycles. The van der Waals surface area contributed by atoms with Crippen molar-refractivity contribution in [3.63, 3.8) is 0 Å². The highest BCUT2D eigenvalue weighted by Crippen LogP contribution is 2.49. The summed E-state index contributed by atoms with van der Waals surface area (Å²) in [6.45, 7) is 1.81. The summed E-state index contributed by atoms with van der Waals surface area (Å²) in [7, 11) is 0. The molecule has 16 heavy (non-hydrogen) atoms. The molecular weight excluding hydrogens is 266 g/mol. The molecule has 0 bridgehead atoms. The molecule has 0 amide bonds. The quantitative estimate of drug-likeness (QED) is 0.652. The zero-order valence-electron chi connectivity index (χ0n) is 8.51. The molecule has 1 atom stereocenters. The third-order valence-corrected chi connectivity index (χ3v) is 4.09. The van der Waals surface area contributed by atoms with Crippen molar-refractivity contribution >= 4 is 40.6 Å². The fraction of sp³-hybridized carbons (Fsp3) is 0.250. The first-order chi connectivity index (χ1) is 7.36. The van der Waals surface area contributed by atoms with Gasteiger partial charge in [0.15, 0.2) is 5.78 Å². The van der Waals surface area contributed by atoms with Crippen molar-refractivity contribution in [3.8, 4) is 0 Å². The van der Waals surface area contributed by atoms with Gasteiger partial charge in [-0.3, -0.25) is 4.79 Å². The molecule has 0 aliphatic heterocycles. The van der Waals surface area contributed by atoms with E-state index in [1.807, 2.05) is 19.1 Å². The Bertz CT molecular complexity index is 473. The average molecular weight is 276 g/mol. The minimum Gasteiger partial charge on any atom is -0.289 e. The molecule has 0 radical (unpaired) electrons. The summed E-state index contributed by atoms with van der Waals surface area (Å²) in [5.41, 5.74) is 0.573. The van der Waals surface area contributed by atoms with Gasteiger partial charge in [-0.25, -0.2) is 0 Å². The fourth-order valence-electron chi connectivity index (χ4n) is 1.82. The molecular formula is C12H9Cl3O. The number of hydrogen-bond acceptors (Lipinski definition) is 1. The smallest absolute Gasteiger partial charge is 0.203 e. The van der Waals surface area contributed by atoms with Gasteiger partial charge in [0.1, 0.15) is 0 Å². The first-order valence-corrected chi connectivity index (χ1v) is 5.89. The third-order valence-electron chi connectivity index (χ3n) is 2.91. The normalized spacial score (nSPS) is 24.4. The van der Waals surface area contributed by atoms with Gasteiger partial charge in [0, 0.05) is 5.56 Å². The number of allylic oxidation sites excluding steroid dienone is 2. The van der Waals surface area contributed by atoms with E-state index in [9.17, 15) is 4.79 Å². The van der Waals surface area contributed by atoms with Gasteiger partial charge < -0.3 is 0 Å². The number of fused-ring (bicyclic) bond motifs is 1. The Balaban J connectivity index is 2.69. The monoisotopic (exact) mass is 274 g/mol. The van der Waals surface area contributed by atoms with E-state index in [0.29, 0.717) is 5.56 Å². The summed E-state index contributed by atoms with van der Waals surface area (Å²) >= 11 is 18.0. The van der Waals surface area contributed by atoms with Crippen LogP contribution >= 0.6 is 34.8 Å². The molecule has 0 saturated heterocycles. The van der Waals surface area contributed by atoms with Crippen molar-refractivity contribution in [1.29, 1.82) is 0 Å². The van der Waals surface area contributed by atoms with Crippen LogP contribution in [0.25, 0.3) is 0 Å². The molecule has 0 fully saturated rings. The van der Waals surface area contributed by atoms with Crippen LogP contribution in [0.4, 0.5) is 0 Å². The van der Waals surface area contributed by atoms with Gasteiger partial charge in [0.2, 0.25) is 3.79 Å². The van der Waals surface area contributed by atoms with Crippen LogP contribution in [0.3, 0.4) is 0 Å². The van der Waals surface area contributed by atoms with E-state index in [0.717, 1.165) is 5.56 Å². The number of benzene rings is 1. The van der Waals surface area contributed by atoms with Crippen molar-refractivity contribution in [2.75, 3.05) is 0 Å². The number of carbonyl (C=O) groups excluding carboxylic acids is 1. The Hall–Kier alpha value is -0.500. The molecule has 1 aliphatic rings. The number of halogens is 3. The van der Waals surface area contributed by atoms with Gasteiger partial charge in [-0.05, 0) is 18.6 Å². The second kappa shape index (κ2) is 3.76. The molecule has 1 nitrogen and oxygen atoms in total. The van der Waals surface area contributed by atoms with Crippen LogP contribution in [0.1, 0.15) is 22.8 Å². The van der Waals surface area contributed by atoms with E-state index < -0.39 is 9.21 Å². The van der Waals surface area contributed by atoms with Crippen LogP contribution in [0.2, 0.25) is 0 Å². The number of rotatable bonds is 0. The lowest BCUT2D eigenvalue weighted by Gasteiger charge is -2.37. The van der Waals surface area contributed by atoms with Gasteiger partial charge in [0.05, 0.1) is 5.41 Å². The zero-order chi connectivity index (χ0) is 12.0. The standard InChI is InChI=1S/C12H9Cl3O/c1-11(12(13,14)15)7-6-10(16)8-4-2-3-5-9(8)11/h2-7H,1H3. The SMILES string of the molecule is CC1(C(Cl)(Cl)Cl)C=CC(=O)c2ccccc21. The summed E-state index contributed by atoms with van der Waals surface area (Å²) in [4.78, 5) is 11.7. The summed E-state index contributed by atoms with van der Waals surface area (Å²) in [6, 6.07) is 7.20. The Morgan fingerprint density at radius 2 is 1.81 bits per heavy atom. The van der Waals surface area contributed by atoms with Crippen molar-refractivity contribution in [1.82, 2.24) is 0 Å². The minimum atomic E-state index is -1.49. The molecule has 0 aromatic heterocycles. The molecule has 1 unspecified atom stereocenters. The zero-order valence-corrected chi connectivity index (χ0v) is 10.8. The maximum absolute atomic E-state index is 11.7. The number of ketones is 1. The van der Waals surface area contributed by atoms with Crippen molar-refractivity contribution in [2.45, 2.75) is 16.1 Å². The molecule has 84 valence electrons. The highest BCUT2D eigenvalue weighted by Gasteiger charge is 2.47. The van der Waals surface area contributed by atoms with E-state index in [-0.39, 0.29) is 5.78 Å². The molecule has 2 rings (SSSR count). The molecule has 0 heterocycles. The van der Waals surface area contributed by atoms with Crippen molar-refractivity contribution in [2.24, 2.45) is 0 Å². The van der Waals surface area contributed by atoms with Crippen LogP contribution in [0.5, 0.6) is 0 Å². The lowest BCUT2D eigenvalue weighted by Crippen LogP contribution is -2.38. The lowest BCUT2D eigenvalue weighted by molar-refractivity contribution is 0.104. The number of hydrogen-bond donors (Lipinski definition) is 0. The topological polar surface area (TPSA) is 17.1 Å². The average Bonchev–Trinajstić information content (AvgIpc) is 2.23. The van der Waals surface area contributed by atoms with Crippen LogP contribution in [0.15, 0.2) is 36.4 Å². The first kappa shape index (κ1) is 12.0. The molecule has 4 heteroatoms. The van der Waals surface area contributed by atoms with Gasteiger partial charge in [-0.2, -0.15) is 0 Å². The van der Waals surface area contributed by atoms with Crippen LogP contribution in [-0.4, -0.2) is 9.58 Å². The highest BCUT2D eigenvalue weighted by molar-refractivity contribution is 6.68. The van der Waals surface area contributed by atoms with Crippen molar-refractivity contribution in [3.05, 3.63) is 47.5 Å². The molecule has 1 aromatic carbocycles. The Kier molecular flexibility index (Phi) is 2.82. The fourth-order valence-corrected chi connectivity index (χ4v) is 2.31. The lowest BCUT2D eigenvalue weighted by atomic mass is 9.76. The van der Waals surface area contributed by atoms with E-state index >= 15 is 0 Å². The maximum Gasteiger partial charge on any atom is 0.203 e. The number of carbonyl (C=O) groups is 1. The van der Waals surface area contributed by atoms with Crippen molar-refractivity contribution < 1.29 is 4.79 Å². The van der Waals surface area contributed by atoms with Crippen LogP contribution in [0, 0.1) is 0 Å². The van der Waals surface area contributed by atoms with E-state index in [1.165, 1.54) is 6.08 Å². The molecule has 0 saturated carbocycles. The Morgan fingerprint density at radius 1 is 1.19 bits per heavy atom. The summed E-state index contributed by atoms with van der Waals surface area (Å²) in [5.74, 6) is -0.0534.